The number of carbonyl (C=O) groups excluding carboxylic acids is 2. The van der Waals surface area contributed by atoms with Gasteiger partial charge in [0.1, 0.15) is 11.9 Å². The largest absolute Gasteiger partial charge is 0.377 e. The van der Waals surface area contributed by atoms with E-state index in [9.17, 15) is 14.0 Å². The number of carbonyl (C=O) groups is 2. The van der Waals surface area contributed by atoms with Crippen LogP contribution in [0.2, 0.25) is 0 Å². The summed E-state index contributed by atoms with van der Waals surface area (Å²) in [5.74, 6) is -0.630. The number of ether oxygens (including phenoxy) is 1. The summed E-state index contributed by atoms with van der Waals surface area (Å²) >= 11 is 0. The Balaban J connectivity index is 1.65. The van der Waals surface area contributed by atoms with Gasteiger partial charge in [-0.2, -0.15) is 0 Å². The first-order valence-corrected chi connectivity index (χ1v) is 11.8. The number of amides is 2. The minimum absolute atomic E-state index is 0.0114. The zero-order valence-corrected chi connectivity index (χ0v) is 20.0. The highest BCUT2D eigenvalue weighted by Crippen LogP contribution is 2.11. The third kappa shape index (κ3) is 10.2. The predicted octanol–water partition coefficient (Wildman–Crippen LogP) is 5.06. The summed E-state index contributed by atoms with van der Waals surface area (Å²) < 4.78 is 18.7. The van der Waals surface area contributed by atoms with E-state index in [1.807, 2.05) is 13.8 Å². The second kappa shape index (κ2) is 14.4. The molecular weight excluding hydrogens is 419 g/mol. The van der Waals surface area contributed by atoms with E-state index in [-0.39, 0.29) is 23.5 Å². The third-order valence-corrected chi connectivity index (χ3v) is 5.77. The highest BCUT2D eigenvalue weighted by atomic mass is 19.1. The van der Waals surface area contributed by atoms with Crippen molar-refractivity contribution in [3.63, 3.8) is 0 Å². The van der Waals surface area contributed by atoms with Crippen molar-refractivity contribution in [2.75, 3.05) is 6.61 Å². The summed E-state index contributed by atoms with van der Waals surface area (Å²) in [5.41, 5.74) is 3.20. The predicted molar refractivity (Wildman–Crippen MR) is 129 cm³/mol. The van der Waals surface area contributed by atoms with Crippen LogP contribution in [0.3, 0.4) is 0 Å². The lowest BCUT2D eigenvalue weighted by Crippen LogP contribution is -2.50. The van der Waals surface area contributed by atoms with E-state index in [2.05, 4.69) is 41.8 Å². The number of aryl methyl sites for hydroxylation is 1. The molecule has 5 nitrogen and oxygen atoms in total. The second-order valence-electron chi connectivity index (χ2n) is 8.62. The van der Waals surface area contributed by atoms with Crippen LogP contribution in [0.25, 0.3) is 0 Å². The van der Waals surface area contributed by atoms with Crippen molar-refractivity contribution in [1.82, 2.24) is 10.6 Å². The fourth-order valence-corrected chi connectivity index (χ4v) is 3.39. The number of halogens is 1. The quantitative estimate of drug-likeness (QED) is 0.391. The van der Waals surface area contributed by atoms with E-state index in [4.69, 9.17) is 4.74 Å². The number of benzene rings is 2. The summed E-state index contributed by atoms with van der Waals surface area (Å²) in [6, 6.07) is 13.7. The van der Waals surface area contributed by atoms with Crippen molar-refractivity contribution in [3.05, 3.63) is 71.0 Å². The van der Waals surface area contributed by atoms with E-state index < -0.39 is 6.04 Å². The molecule has 2 aromatic carbocycles. The molecule has 2 unspecified atom stereocenters. The van der Waals surface area contributed by atoms with Gasteiger partial charge in [-0.25, -0.2) is 4.39 Å². The van der Waals surface area contributed by atoms with E-state index in [1.165, 1.54) is 17.7 Å². The van der Waals surface area contributed by atoms with Crippen LogP contribution in [0.5, 0.6) is 0 Å². The normalized spacial score (nSPS) is 12.7. The maximum atomic E-state index is 13.0. The molecule has 180 valence electrons. The first-order valence-electron chi connectivity index (χ1n) is 11.8. The highest BCUT2D eigenvalue weighted by Gasteiger charge is 2.25. The molecule has 0 aromatic heterocycles. The molecular formula is C27H37FN2O3. The maximum absolute atomic E-state index is 13.0. The van der Waals surface area contributed by atoms with Crippen molar-refractivity contribution in [2.45, 2.75) is 72.1 Å². The lowest BCUT2D eigenvalue weighted by Gasteiger charge is -2.23. The standard InChI is InChI=1S/C27H37FN2O3/c1-4-21(3)26(27(32)29-18-22-13-15-24(28)16-14-22)30-25(31)8-6-5-7-17-33-19-23-11-9-20(2)10-12-23/h9-16,21,26H,4-8,17-19H2,1-3H3,(H,29,32)(H,30,31). The molecule has 33 heavy (non-hydrogen) atoms. The first kappa shape index (κ1) is 26.5. The Morgan fingerprint density at radius 3 is 2.30 bits per heavy atom. The number of hydrogen-bond acceptors (Lipinski definition) is 3. The van der Waals surface area contributed by atoms with Gasteiger partial charge in [0.2, 0.25) is 11.8 Å². The van der Waals surface area contributed by atoms with Crippen molar-refractivity contribution in [1.29, 1.82) is 0 Å². The number of unbranched alkanes of at least 4 members (excludes halogenated alkanes) is 2. The Hall–Kier alpha value is -2.73. The molecule has 2 amide bonds. The fourth-order valence-electron chi connectivity index (χ4n) is 3.39. The van der Waals surface area contributed by atoms with E-state index in [0.29, 0.717) is 26.2 Å². The molecule has 2 N–H and O–H groups in total. The Morgan fingerprint density at radius 1 is 0.970 bits per heavy atom. The second-order valence-corrected chi connectivity index (χ2v) is 8.62. The molecule has 0 radical (unpaired) electrons. The lowest BCUT2D eigenvalue weighted by atomic mass is 9.98. The summed E-state index contributed by atoms with van der Waals surface area (Å²) in [4.78, 5) is 25.1. The minimum Gasteiger partial charge on any atom is -0.377 e. The van der Waals surface area contributed by atoms with Gasteiger partial charge in [-0.05, 0) is 48.9 Å². The highest BCUT2D eigenvalue weighted by molar-refractivity contribution is 5.87. The molecule has 0 spiro atoms. The Kier molecular flexibility index (Phi) is 11.6. The van der Waals surface area contributed by atoms with Crippen LogP contribution < -0.4 is 10.6 Å². The fraction of sp³-hybridized carbons (Fsp3) is 0.481. The lowest BCUT2D eigenvalue weighted by molar-refractivity contribution is -0.130. The summed E-state index contributed by atoms with van der Waals surface area (Å²) in [6.07, 6.45) is 3.70. The molecule has 0 aliphatic heterocycles. The molecule has 0 aliphatic carbocycles. The van der Waals surface area contributed by atoms with Gasteiger partial charge in [-0.15, -0.1) is 0 Å². The number of nitrogens with one attached hydrogen (secondary N) is 2. The monoisotopic (exact) mass is 456 g/mol. The molecule has 0 heterocycles. The van der Waals surface area contributed by atoms with Crippen LogP contribution in [-0.4, -0.2) is 24.5 Å². The topological polar surface area (TPSA) is 67.4 Å². The number of rotatable bonds is 14. The maximum Gasteiger partial charge on any atom is 0.243 e. The zero-order chi connectivity index (χ0) is 24.1. The average Bonchev–Trinajstić information content (AvgIpc) is 2.82. The van der Waals surface area contributed by atoms with E-state index in [0.717, 1.165) is 36.8 Å². The van der Waals surface area contributed by atoms with Crippen LogP contribution in [0, 0.1) is 18.7 Å². The molecule has 6 heteroatoms. The van der Waals surface area contributed by atoms with Crippen LogP contribution in [0.1, 0.15) is 62.6 Å². The van der Waals surface area contributed by atoms with Crippen molar-refractivity contribution < 1.29 is 18.7 Å². The molecule has 2 atom stereocenters. The molecule has 2 rings (SSSR count). The van der Waals surface area contributed by atoms with E-state index in [1.54, 1.807) is 12.1 Å². The Labute approximate surface area is 197 Å². The SMILES string of the molecule is CCC(C)C(NC(=O)CCCCCOCc1ccc(C)cc1)C(=O)NCc1ccc(F)cc1. The third-order valence-electron chi connectivity index (χ3n) is 5.77. The Morgan fingerprint density at radius 2 is 1.64 bits per heavy atom. The minimum atomic E-state index is -0.583. The van der Waals surface area contributed by atoms with Crippen molar-refractivity contribution >= 4 is 11.8 Å². The number of hydrogen-bond donors (Lipinski definition) is 2. The molecule has 0 aliphatic rings. The van der Waals surface area contributed by atoms with Gasteiger partial charge in [0.05, 0.1) is 6.61 Å². The Bertz CT molecular complexity index is 853. The average molecular weight is 457 g/mol. The molecule has 0 bridgehead atoms. The molecule has 0 saturated heterocycles. The van der Waals surface area contributed by atoms with Gasteiger partial charge in [0.15, 0.2) is 0 Å². The van der Waals surface area contributed by atoms with Gasteiger partial charge in [-0.1, -0.05) is 68.7 Å². The van der Waals surface area contributed by atoms with Gasteiger partial charge in [0.25, 0.3) is 0 Å². The smallest absolute Gasteiger partial charge is 0.243 e. The van der Waals surface area contributed by atoms with Crippen molar-refractivity contribution in [3.8, 4) is 0 Å². The first-order chi connectivity index (χ1) is 15.9. The molecule has 2 aromatic rings. The molecule has 0 saturated carbocycles. The van der Waals surface area contributed by atoms with Crippen molar-refractivity contribution in [2.24, 2.45) is 5.92 Å². The zero-order valence-electron chi connectivity index (χ0n) is 20.0. The van der Waals surface area contributed by atoms with Gasteiger partial charge in [-0.3, -0.25) is 9.59 Å². The van der Waals surface area contributed by atoms with Crippen LogP contribution in [0.15, 0.2) is 48.5 Å². The molecule has 0 fully saturated rings. The van der Waals surface area contributed by atoms with Crippen LogP contribution in [-0.2, 0) is 27.5 Å². The summed E-state index contributed by atoms with van der Waals surface area (Å²) in [6.45, 7) is 7.57. The van der Waals surface area contributed by atoms with Crippen LogP contribution in [0.4, 0.5) is 4.39 Å². The van der Waals surface area contributed by atoms with E-state index >= 15 is 0 Å². The van der Waals surface area contributed by atoms with Crippen LogP contribution >= 0.6 is 0 Å². The van der Waals surface area contributed by atoms with Gasteiger partial charge in [0, 0.05) is 19.6 Å². The van der Waals surface area contributed by atoms with Gasteiger partial charge < -0.3 is 15.4 Å². The summed E-state index contributed by atoms with van der Waals surface area (Å²) in [5, 5.41) is 5.75. The summed E-state index contributed by atoms with van der Waals surface area (Å²) in [7, 11) is 0. The van der Waals surface area contributed by atoms with Gasteiger partial charge >= 0.3 is 0 Å².